The zero-order valence-electron chi connectivity index (χ0n) is 16.5. The van der Waals surface area contributed by atoms with Crippen LogP contribution in [0, 0.1) is 13.8 Å². The largest absolute Gasteiger partial charge is 0.390 e. The Labute approximate surface area is 191 Å². The topological polar surface area (TPSA) is 115 Å². The van der Waals surface area contributed by atoms with Crippen molar-refractivity contribution in [3.8, 4) is 0 Å². The van der Waals surface area contributed by atoms with Crippen LogP contribution in [0.2, 0.25) is 0 Å². The maximum atomic E-state index is 12.2. The number of benzene rings is 2. The van der Waals surface area contributed by atoms with Crippen LogP contribution in [0.1, 0.15) is 22.3 Å². The molecule has 162 valence electrons. The summed E-state index contributed by atoms with van der Waals surface area (Å²) in [5.41, 5.74) is 3.28. The van der Waals surface area contributed by atoms with Gasteiger partial charge in [-0.15, -0.1) is 0 Å². The van der Waals surface area contributed by atoms with Crippen LogP contribution in [0.4, 0.5) is 0 Å². The van der Waals surface area contributed by atoms with Crippen LogP contribution in [0.15, 0.2) is 45.3 Å². The number of halogens is 2. The molecule has 0 saturated carbocycles. The predicted octanol–water partition coefficient (Wildman–Crippen LogP) is 2.20. The van der Waals surface area contributed by atoms with Crippen molar-refractivity contribution in [2.75, 3.05) is 0 Å². The number of carbonyl (C=O) groups excluding carboxylic acids is 2. The molecule has 0 amide bonds. The third-order valence-electron chi connectivity index (χ3n) is 4.87. The van der Waals surface area contributed by atoms with E-state index in [0.717, 1.165) is 20.1 Å². The van der Waals surface area contributed by atoms with Crippen molar-refractivity contribution in [1.82, 2.24) is 0 Å². The lowest BCUT2D eigenvalue weighted by molar-refractivity contribution is -0.152. The van der Waals surface area contributed by atoms with Crippen molar-refractivity contribution in [2.24, 2.45) is 0 Å². The van der Waals surface area contributed by atoms with Crippen molar-refractivity contribution in [1.29, 1.82) is 0 Å². The van der Waals surface area contributed by atoms with Gasteiger partial charge in [-0.3, -0.25) is 9.59 Å². The van der Waals surface area contributed by atoms with Gasteiger partial charge in [-0.1, -0.05) is 56.1 Å². The van der Waals surface area contributed by atoms with Crippen LogP contribution in [0.25, 0.3) is 0 Å². The lowest BCUT2D eigenvalue weighted by Gasteiger charge is -2.20. The molecule has 6 nitrogen and oxygen atoms in total. The molecule has 0 fully saturated rings. The second-order valence-corrected chi connectivity index (χ2v) is 9.04. The molecule has 2 rings (SSSR count). The molecule has 0 aliphatic carbocycles. The standard InChI is InChI=1S/C22H24Br2O6/c1-11-3-5-13(7-15(11)23)9-17(25)19(27)21(29)22(30)20(28)18(26)10-14-6-4-12(2)16(24)8-14/h3-8,17-20,25-28H,9-10H2,1-2H3/t17?,18?,19-,20+. The summed E-state index contributed by atoms with van der Waals surface area (Å²) in [7, 11) is 0. The molecule has 2 aromatic carbocycles. The number of aliphatic hydroxyl groups excluding tert-OH is 4. The Bertz CT molecular complexity index is 854. The minimum atomic E-state index is -2.01. The first-order valence-electron chi connectivity index (χ1n) is 9.31. The average Bonchev–Trinajstić information content (AvgIpc) is 2.71. The number of aryl methyl sites for hydroxylation is 2. The smallest absolute Gasteiger partial charge is 0.232 e. The van der Waals surface area contributed by atoms with Crippen molar-refractivity contribution in [2.45, 2.75) is 51.1 Å². The van der Waals surface area contributed by atoms with E-state index in [1.807, 2.05) is 26.0 Å². The molecule has 8 heteroatoms. The highest BCUT2D eigenvalue weighted by Crippen LogP contribution is 2.20. The third-order valence-corrected chi connectivity index (χ3v) is 6.58. The van der Waals surface area contributed by atoms with E-state index < -0.39 is 36.0 Å². The quantitative estimate of drug-likeness (QED) is 0.360. The second kappa shape index (κ2) is 10.7. The summed E-state index contributed by atoms with van der Waals surface area (Å²) in [4.78, 5) is 24.5. The summed E-state index contributed by atoms with van der Waals surface area (Å²) in [6.45, 7) is 3.78. The number of hydrogen-bond acceptors (Lipinski definition) is 6. The molecular formula is C22H24Br2O6. The van der Waals surface area contributed by atoms with Crippen LogP contribution in [-0.4, -0.2) is 56.4 Å². The van der Waals surface area contributed by atoms with Gasteiger partial charge in [0.2, 0.25) is 11.6 Å². The van der Waals surface area contributed by atoms with Gasteiger partial charge in [-0.2, -0.15) is 0 Å². The van der Waals surface area contributed by atoms with E-state index in [1.165, 1.54) is 0 Å². The minimum absolute atomic E-state index is 0.0604. The van der Waals surface area contributed by atoms with Gasteiger partial charge in [-0.25, -0.2) is 0 Å². The normalized spacial score (nSPS) is 15.3. The Kier molecular flexibility index (Phi) is 8.90. The summed E-state index contributed by atoms with van der Waals surface area (Å²) >= 11 is 6.73. The fourth-order valence-corrected chi connectivity index (χ4v) is 3.73. The first-order chi connectivity index (χ1) is 14.0. The van der Waals surface area contributed by atoms with Crippen LogP contribution in [-0.2, 0) is 22.4 Å². The molecule has 0 radical (unpaired) electrons. The van der Waals surface area contributed by atoms with E-state index in [2.05, 4.69) is 31.9 Å². The van der Waals surface area contributed by atoms with Crippen molar-refractivity contribution in [3.63, 3.8) is 0 Å². The van der Waals surface area contributed by atoms with E-state index in [4.69, 9.17) is 0 Å². The first kappa shape index (κ1) is 24.8. The van der Waals surface area contributed by atoms with Gasteiger partial charge in [-0.05, 0) is 48.2 Å². The molecule has 0 spiro atoms. The van der Waals surface area contributed by atoms with Crippen LogP contribution in [0.5, 0.6) is 0 Å². The summed E-state index contributed by atoms with van der Waals surface area (Å²) in [6, 6.07) is 10.6. The maximum Gasteiger partial charge on any atom is 0.232 e. The average molecular weight is 544 g/mol. The maximum absolute atomic E-state index is 12.2. The molecular weight excluding hydrogens is 520 g/mol. The SMILES string of the molecule is Cc1ccc(CC(O)[C@H](O)C(=O)C(=O)[C@H](O)C(O)Cc2ccc(C)c(Br)c2)cc1Br. The summed E-state index contributed by atoms with van der Waals surface area (Å²) < 4.78 is 1.62. The van der Waals surface area contributed by atoms with Crippen molar-refractivity contribution >= 4 is 43.4 Å². The van der Waals surface area contributed by atoms with E-state index in [1.54, 1.807) is 24.3 Å². The third kappa shape index (κ3) is 6.29. The zero-order chi connectivity index (χ0) is 22.6. The molecule has 0 bridgehead atoms. The van der Waals surface area contributed by atoms with E-state index in [-0.39, 0.29) is 12.8 Å². The van der Waals surface area contributed by atoms with Gasteiger partial charge in [0.1, 0.15) is 12.2 Å². The molecule has 0 heterocycles. The van der Waals surface area contributed by atoms with E-state index in [0.29, 0.717) is 11.1 Å². The Balaban J connectivity index is 2.00. The number of hydrogen-bond donors (Lipinski definition) is 4. The Morgan fingerprint density at radius 2 is 1.07 bits per heavy atom. The van der Waals surface area contributed by atoms with Crippen LogP contribution < -0.4 is 0 Å². The van der Waals surface area contributed by atoms with E-state index in [9.17, 15) is 30.0 Å². The lowest BCUT2D eigenvalue weighted by Crippen LogP contribution is -2.47. The van der Waals surface area contributed by atoms with E-state index >= 15 is 0 Å². The van der Waals surface area contributed by atoms with Crippen molar-refractivity contribution in [3.05, 3.63) is 67.6 Å². The first-order valence-corrected chi connectivity index (χ1v) is 10.9. The molecule has 0 saturated heterocycles. The van der Waals surface area contributed by atoms with Gasteiger partial charge < -0.3 is 20.4 Å². The number of carbonyl (C=O) groups is 2. The fourth-order valence-electron chi connectivity index (χ4n) is 2.87. The summed E-state index contributed by atoms with van der Waals surface area (Å²) in [5, 5.41) is 40.5. The molecule has 0 aromatic heterocycles. The van der Waals surface area contributed by atoms with Crippen LogP contribution in [0.3, 0.4) is 0 Å². The predicted molar refractivity (Wildman–Crippen MR) is 119 cm³/mol. The lowest BCUT2D eigenvalue weighted by atomic mass is 9.94. The highest BCUT2D eigenvalue weighted by Gasteiger charge is 2.36. The number of aliphatic hydroxyl groups is 4. The summed E-state index contributed by atoms with van der Waals surface area (Å²) in [6.07, 6.45) is -7.20. The van der Waals surface area contributed by atoms with Gasteiger partial charge in [0.05, 0.1) is 12.2 Å². The molecule has 4 N–H and O–H groups in total. The molecule has 4 atom stereocenters. The zero-order valence-corrected chi connectivity index (χ0v) is 19.7. The van der Waals surface area contributed by atoms with Crippen LogP contribution >= 0.6 is 31.9 Å². The summed E-state index contributed by atoms with van der Waals surface area (Å²) in [5.74, 6) is -2.68. The Morgan fingerprint density at radius 1 is 0.733 bits per heavy atom. The second-order valence-electron chi connectivity index (χ2n) is 7.33. The molecule has 0 aliphatic rings. The number of ketones is 2. The molecule has 2 unspecified atom stereocenters. The minimum Gasteiger partial charge on any atom is -0.390 e. The molecule has 2 aromatic rings. The number of rotatable bonds is 9. The Morgan fingerprint density at radius 3 is 1.37 bits per heavy atom. The highest BCUT2D eigenvalue weighted by molar-refractivity contribution is 9.10. The fraction of sp³-hybridized carbons (Fsp3) is 0.364. The Hall–Kier alpha value is -1.42. The molecule has 0 aliphatic heterocycles. The van der Waals surface area contributed by atoms with Crippen molar-refractivity contribution < 1.29 is 30.0 Å². The van der Waals surface area contributed by atoms with Gasteiger partial charge in [0, 0.05) is 21.8 Å². The monoisotopic (exact) mass is 542 g/mol. The van der Waals surface area contributed by atoms with Gasteiger partial charge in [0.15, 0.2) is 0 Å². The number of Topliss-reactive ketones (excluding diaryl/α,β-unsaturated/α-hetero) is 2. The molecule has 30 heavy (non-hydrogen) atoms. The van der Waals surface area contributed by atoms with Gasteiger partial charge in [0.25, 0.3) is 0 Å². The van der Waals surface area contributed by atoms with Gasteiger partial charge >= 0.3 is 0 Å². The highest BCUT2D eigenvalue weighted by atomic mass is 79.9.